The first-order valence-corrected chi connectivity index (χ1v) is 9.46. The molecule has 3 rings (SSSR count). The van der Waals surface area contributed by atoms with E-state index in [0.29, 0.717) is 37.6 Å². The minimum absolute atomic E-state index is 0.0495. The standard InChI is InChI=1S/C20H27N5O3/c1-14(12-28-4)19(26)25-10-9-24(11-15(25)2)20(27)17-8-6-5-7-16(17)18-21-13-22-23(18)3/h5-8,13-15H,9-12H2,1-4H3/t14?,15-/m0/s1. The van der Waals surface area contributed by atoms with E-state index in [1.54, 1.807) is 18.8 Å². The summed E-state index contributed by atoms with van der Waals surface area (Å²) in [7, 11) is 3.40. The second-order valence-corrected chi connectivity index (χ2v) is 7.24. The van der Waals surface area contributed by atoms with E-state index in [4.69, 9.17) is 4.74 Å². The second kappa shape index (κ2) is 8.52. The molecule has 2 atom stereocenters. The van der Waals surface area contributed by atoms with E-state index in [-0.39, 0.29) is 23.8 Å². The Hall–Kier alpha value is -2.74. The van der Waals surface area contributed by atoms with Crippen LogP contribution in [0.1, 0.15) is 24.2 Å². The van der Waals surface area contributed by atoms with Crippen molar-refractivity contribution in [3.05, 3.63) is 36.2 Å². The number of rotatable bonds is 5. The number of carbonyl (C=O) groups is 2. The van der Waals surface area contributed by atoms with Crippen molar-refractivity contribution in [1.29, 1.82) is 0 Å². The van der Waals surface area contributed by atoms with E-state index in [1.807, 2.05) is 47.9 Å². The average molecular weight is 385 g/mol. The van der Waals surface area contributed by atoms with Crippen LogP contribution in [-0.2, 0) is 16.6 Å². The number of amides is 2. The average Bonchev–Trinajstić information content (AvgIpc) is 3.12. The lowest BCUT2D eigenvalue weighted by molar-refractivity contribution is -0.140. The van der Waals surface area contributed by atoms with Crippen molar-refractivity contribution in [3.63, 3.8) is 0 Å². The Morgan fingerprint density at radius 3 is 2.68 bits per heavy atom. The Balaban J connectivity index is 1.76. The Kier molecular flexibility index (Phi) is 6.08. The molecule has 1 aliphatic heterocycles. The third-order valence-corrected chi connectivity index (χ3v) is 5.15. The van der Waals surface area contributed by atoms with Crippen LogP contribution in [0.5, 0.6) is 0 Å². The van der Waals surface area contributed by atoms with Crippen molar-refractivity contribution in [2.45, 2.75) is 19.9 Å². The summed E-state index contributed by atoms with van der Waals surface area (Å²) in [5, 5.41) is 4.11. The molecule has 0 spiro atoms. The first kappa shape index (κ1) is 20.0. The maximum atomic E-state index is 13.2. The molecule has 0 bridgehead atoms. The largest absolute Gasteiger partial charge is 0.384 e. The van der Waals surface area contributed by atoms with Gasteiger partial charge in [0.15, 0.2) is 5.82 Å². The first-order chi connectivity index (χ1) is 13.4. The second-order valence-electron chi connectivity index (χ2n) is 7.24. The predicted molar refractivity (Wildman–Crippen MR) is 105 cm³/mol. The van der Waals surface area contributed by atoms with Crippen LogP contribution in [0.15, 0.2) is 30.6 Å². The van der Waals surface area contributed by atoms with Gasteiger partial charge in [-0.15, -0.1) is 0 Å². The molecule has 0 saturated carbocycles. The summed E-state index contributed by atoms with van der Waals surface area (Å²) in [6.07, 6.45) is 1.48. The number of ether oxygens (including phenoxy) is 1. The van der Waals surface area contributed by atoms with E-state index in [0.717, 1.165) is 5.56 Å². The van der Waals surface area contributed by atoms with Gasteiger partial charge in [-0.2, -0.15) is 5.10 Å². The minimum Gasteiger partial charge on any atom is -0.384 e. The topological polar surface area (TPSA) is 80.6 Å². The van der Waals surface area contributed by atoms with Crippen LogP contribution in [-0.4, -0.2) is 75.8 Å². The lowest BCUT2D eigenvalue weighted by Crippen LogP contribution is -2.56. The third kappa shape index (κ3) is 3.91. The Morgan fingerprint density at radius 2 is 2.04 bits per heavy atom. The van der Waals surface area contributed by atoms with Crippen LogP contribution in [0.2, 0.25) is 0 Å². The molecular weight excluding hydrogens is 358 g/mol. The summed E-state index contributed by atoms with van der Waals surface area (Å²) in [6.45, 7) is 5.76. The number of carbonyl (C=O) groups excluding carboxylic acids is 2. The van der Waals surface area contributed by atoms with E-state index >= 15 is 0 Å². The molecule has 8 nitrogen and oxygen atoms in total. The molecule has 0 radical (unpaired) electrons. The van der Waals surface area contributed by atoms with E-state index < -0.39 is 0 Å². The highest BCUT2D eigenvalue weighted by Gasteiger charge is 2.33. The van der Waals surface area contributed by atoms with Gasteiger partial charge in [0, 0.05) is 45.4 Å². The van der Waals surface area contributed by atoms with Crippen LogP contribution < -0.4 is 0 Å². The van der Waals surface area contributed by atoms with Crippen LogP contribution in [0.3, 0.4) is 0 Å². The van der Waals surface area contributed by atoms with Crippen molar-refractivity contribution in [1.82, 2.24) is 24.6 Å². The molecule has 1 aliphatic rings. The summed E-state index contributed by atoms with van der Waals surface area (Å²) < 4.78 is 6.76. The van der Waals surface area contributed by atoms with Gasteiger partial charge < -0.3 is 14.5 Å². The van der Waals surface area contributed by atoms with Gasteiger partial charge in [-0.05, 0) is 13.0 Å². The van der Waals surface area contributed by atoms with Crippen molar-refractivity contribution < 1.29 is 14.3 Å². The van der Waals surface area contributed by atoms with Gasteiger partial charge in [-0.25, -0.2) is 9.67 Å². The van der Waals surface area contributed by atoms with Crippen LogP contribution >= 0.6 is 0 Å². The highest BCUT2D eigenvalue weighted by atomic mass is 16.5. The number of benzene rings is 1. The summed E-state index contributed by atoms with van der Waals surface area (Å²) in [5.41, 5.74) is 1.35. The molecule has 8 heteroatoms. The zero-order valence-electron chi connectivity index (χ0n) is 16.8. The van der Waals surface area contributed by atoms with Gasteiger partial charge in [0.25, 0.3) is 5.91 Å². The number of nitrogens with zero attached hydrogens (tertiary/aromatic N) is 5. The number of methoxy groups -OCH3 is 1. The number of hydrogen-bond donors (Lipinski definition) is 0. The fourth-order valence-electron chi connectivity index (χ4n) is 3.65. The lowest BCUT2D eigenvalue weighted by atomic mass is 10.0. The van der Waals surface area contributed by atoms with Crippen molar-refractivity contribution in [2.75, 3.05) is 33.4 Å². The molecule has 28 heavy (non-hydrogen) atoms. The fourth-order valence-corrected chi connectivity index (χ4v) is 3.65. The van der Waals surface area contributed by atoms with Crippen molar-refractivity contribution in [3.8, 4) is 11.4 Å². The van der Waals surface area contributed by atoms with Crippen LogP contribution in [0.4, 0.5) is 0 Å². The Bertz CT molecular complexity index is 850. The molecule has 2 amide bonds. The van der Waals surface area contributed by atoms with E-state index in [1.165, 1.54) is 6.33 Å². The van der Waals surface area contributed by atoms with Gasteiger partial charge in [0.1, 0.15) is 6.33 Å². The van der Waals surface area contributed by atoms with E-state index in [2.05, 4.69) is 10.1 Å². The smallest absolute Gasteiger partial charge is 0.254 e. The van der Waals surface area contributed by atoms with Gasteiger partial charge in [-0.1, -0.05) is 25.1 Å². The molecular formula is C20H27N5O3. The minimum atomic E-state index is -0.189. The number of aromatic nitrogens is 3. The van der Waals surface area contributed by atoms with Crippen molar-refractivity contribution >= 4 is 11.8 Å². The van der Waals surface area contributed by atoms with Gasteiger partial charge in [-0.3, -0.25) is 9.59 Å². The SMILES string of the molecule is COCC(C)C(=O)N1CCN(C(=O)c2ccccc2-c2ncnn2C)C[C@@H]1C. The normalized spacial score (nSPS) is 18.2. The fraction of sp³-hybridized carbons (Fsp3) is 0.500. The zero-order chi connectivity index (χ0) is 20.3. The molecule has 0 aliphatic carbocycles. The van der Waals surface area contributed by atoms with Gasteiger partial charge in [0.2, 0.25) is 5.91 Å². The Labute approximate surface area is 165 Å². The third-order valence-electron chi connectivity index (χ3n) is 5.15. The molecule has 1 saturated heterocycles. The molecule has 1 fully saturated rings. The molecule has 2 heterocycles. The predicted octanol–water partition coefficient (Wildman–Crippen LogP) is 1.44. The molecule has 0 N–H and O–H groups in total. The summed E-state index contributed by atoms with van der Waals surface area (Å²) in [6, 6.07) is 7.38. The zero-order valence-corrected chi connectivity index (χ0v) is 16.8. The summed E-state index contributed by atoms with van der Waals surface area (Å²) in [5.74, 6) is 0.481. The Morgan fingerprint density at radius 1 is 1.29 bits per heavy atom. The van der Waals surface area contributed by atoms with E-state index in [9.17, 15) is 9.59 Å². The summed E-state index contributed by atoms with van der Waals surface area (Å²) >= 11 is 0. The van der Waals surface area contributed by atoms with Gasteiger partial charge in [0.05, 0.1) is 18.1 Å². The molecule has 1 aromatic carbocycles. The first-order valence-electron chi connectivity index (χ1n) is 9.46. The molecule has 2 aromatic rings. The number of aryl methyl sites for hydroxylation is 1. The summed E-state index contributed by atoms with van der Waals surface area (Å²) in [4.78, 5) is 33.8. The number of hydrogen-bond acceptors (Lipinski definition) is 5. The molecule has 150 valence electrons. The van der Waals surface area contributed by atoms with Crippen molar-refractivity contribution in [2.24, 2.45) is 13.0 Å². The quantitative estimate of drug-likeness (QED) is 0.778. The maximum absolute atomic E-state index is 13.2. The molecule has 1 aromatic heterocycles. The maximum Gasteiger partial charge on any atom is 0.254 e. The van der Waals surface area contributed by atoms with Crippen LogP contribution in [0, 0.1) is 5.92 Å². The van der Waals surface area contributed by atoms with Gasteiger partial charge >= 0.3 is 0 Å². The monoisotopic (exact) mass is 385 g/mol. The highest BCUT2D eigenvalue weighted by Crippen LogP contribution is 2.24. The highest BCUT2D eigenvalue weighted by molar-refractivity contribution is 6.00. The molecule has 1 unspecified atom stereocenters. The number of piperazine rings is 1. The van der Waals surface area contributed by atoms with Crippen LogP contribution in [0.25, 0.3) is 11.4 Å². The lowest BCUT2D eigenvalue weighted by Gasteiger charge is -2.41.